The van der Waals surface area contributed by atoms with Crippen LogP contribution in [-0.4, -0.2) is 51.2 Å². The van der Waals surface area contributed by atoms with Crippen LogP contribution in [0.15, 0.2) is 47.4 Å². The molecule has 6 heteroatoms. The van der Waals surface area contributed by atoms with E-state index in [1.54, 1.807) is 24.3 Å². The van der Waals surface area contributed by atoms with Crippen LogP contribution in [0.2, 0.25) is 0 Å². The summed E-state index contributed by atoms with van der Waals surface area (Å²) in [6.45, 7) is 3.82. The van der Waals surface area contributed by atoms with Crippen molar-refractivity contribution in [3.05, 3.63) is 42.5 Å². The van der Waals surface area contributed by atoms with Gasteiger partial charge in [-0.15, -0.1) is 0 Å². The molecule has 2 saturated heterocycles. The van der Waals surface area contributed by atoms with E-state index in [4.69, 9.17) is 4.74 Å². The van der Waals surface area contributed by atoms with Crippen LogP contribution in [0, 0.1) is 17.8 Å². The predicted molar refractivity (Wildman–Crippen MR) is 108 cm³/mol. The molecule has 4 atom stereocenters. The number of ether oxygens (including phenoxy) is 1. The van der Waals surface area contributed by atoms with Gasteiger partial charge in [0.1, 0.15) is 0 Å². The molecule has 0 aromatic heterocycles. The molecule has 4 aliphatic rings. The number of benzene rings is 1. The number of fused-ring (bicyclic) bond motifs is 2. The van der Waals surface area contributed by atoms with Crippen LogP contribution in [0.5, 0.6) is 0 Å². The van der Waals surface area contributed by atoms with Crippen molar-refractivity contribution in [1.82, 2.24) is 9.62 Å². The predicted octanol–water partition coefficient (Wildman–Crippen LogP) is 2.80. The molecule has 3 fully saturated rings. The van der Waals surface area contributed by atoms with Crippen LogP contribution in [0.1, 0.15) is 32.1 Å². The van der Waals surface area contributed by atoms with Gasteiger partial charge in [0.05, 0.1) is 16.6 Å². The zero-order valence-electron chi connectivity index (χ0n) is 16.3. The highest BCUT2D eigenvalue weighted by molar-refractivity contribution is 7.89. The van der Waals surface area contributed by atoms with Crippen molar-refractivity contribution < 1.29 is 13.2 Å². The third-order valence-corrected chi connectivity index (χ3v) is 8.69. The molecule has 152 valence electrons. The van der Waals surface area contributed by atoms with Crippen molar-refractivity contribution in [2.24, 2.45) is 17.8 Å². The van der Waals surface area contributed by atoms with Gasteiger partial charge in [0.15, 0.2) is 0 Å². The molecule has 5 rings (SSSR count). The maximum atomic E-state index is 12.3. The number of allylic oxidation sites excluding steroid dienone is 2. The Morgan fingerprint density at radius 2 is 1.86 bits per heavy atom. The molecule has 1 saturated carbocycles. The molecule has 2 aliphatic carbocycles. The first-order chi connectivity index (χ1) is 13.5. The summed E-state index contributed by atoms with van der Waals surface area (Å²) in [6, 6.07) is 8.53. The lowest BCUT2D eigenvalue weighted by Crippen LogP contribution is -2.59. The molecule has 2 heterocycles. The zero-order chi connectivity index (χ0) is 19.2. The summed E-state index contributed by atoms with van der Waals surface area (Å²) in [6.07, 6.45) is 10.7. The topological polar surface area (TPSA) is 58.6 Å². The van der Waals surface area contributed by atoms with E-state index >= 15 is 0 Å². The highest BCUT2D eigenvalue weighted by Gasteiger charge is 2.47. The van der Waals surface area contributed by atoms with Crippen LogP contribution in [-0.2, 0) is 14.8 Å². The van der Waals surface area contributed by atoms with Gasteiger partial charge in [-0.3, -0.25) is 0 Å². The summed E-state index contributed by atoms with van der Waals surface area (Å²) in [7, 11) is -3.44. The fraction of sp³-hybridized carbons (Fsp3) is 0.636. The third kappa shape index (κ3) is 3.67. The molecule has 2 aliphatic heterocycles. The van der Waals surface area contributed by atoms with Gasteiger partial charge in [-0.1, -0.05) is 30.4 Å². The van der Waals surface area contributed by atoms with Gasteiger partial charge in [0.25, 0.3) is 0 Å². The van der Waals surface area contributed by atoms with E-state index in [9.17, 15) is 8.42 Å². The lowest BCUT2D eigenvalue weighted by molar-refractivity contribution is -0.222. The Labute approximate surface area is 168 Å². The van der Waals surface area contributed by atoms with Gasteiger partial charge in [0.2, 0.25) is 10.0 Å². The second-order valence-electron chi connectivity index (χ2n) is 9.13. The van der Waals surface area contributed by atoms with Crippen molar-refractivity contribution in [3.8, 4) is 0 Å². The molecule has 5 nitrogen and oxygen atoms in total. The molecule has 1 unspecified atom stereocenters. The van der Waals surface area contributed by atoms with Crippen LogP contribution in [0.4, 0.5) is 0 Å². The van der Waals surface area contributed by atoms with E-state index in [1.165, 1.54) is 19.4 Å². The average Bonchev–Trinajstić information content (AvgIpc) is 3.30. The highest BCUT2D eigenvalue weighted by atomic mass is 32.2. The summed E-state index contributed by atoms with van der Waals surface area (Å²) in [5, 5.41) is 0. The number of rotatable bonds is 6. The molecule has 2 bridgehead atoms. The molecular weight excluding hydrogens is 372 g/mol. The molecule has 28 heavy (non-hydrogen) atoms. The minimum Gasteiger partial charge on any atom is -0.370 e. The summed E-state index contributed by atoms with van der Waals surface area (Å²) in [5.74, 6) is 2.52. The zero-order valence-corrected chi connectivity index (χ0v) is 17.1. The number of likely N-dealkylation sites (tertiary alicyclic amines) is 1. The quantitative estimate of drug-likeness (QED) is 0.744. The smallest absolute Gasteiger partial charge is 0.240 e. The van der Waals surface area contributed by atoms with E-state index in [2.05, 4.69) is 21.8 Å². The summed E-state index contributed by atoms with van der Waals surface area (Å²) >= 11 is 0. The van der Waals surface area contributed by atoms with E-state index in [0.717, 1.165) is 50.1 Å². The minimum absolute atomic E-state index is 0.000686. The summed E-state index contributed by atoms with van der Waals surface area (Å²) in [4.78, 5) is 2.94. The number of nitrogens with zero attached hydrogens (tertiary/aromatic N) is 1. The SMILES string of the molecule is O=S(=O)(NCC1CC2(CCN(C[C@@H]3C[C@H]4C=C[C@@H]3C4)CC2)O1)c1ccccc1. The van der Waals surface area contributed by atoms with Crippen molar-refractivity contribution in [2.75, 3.05) is 26.2 Å². The molecule has 0 amide bonds. The first-order valence-electron chi connectivity index (χ1n) is 10.6. The van der Waals surface area contributed by atoms with Crippen molar-refractivity contribution >= 4 is 10.0 Å². The Morgan fingerprint density at radius 1 is 1.11 bits per heavy atom. The second kappa shape index (κ2) is 7.24. The van der Waals surface area contributed by atoms with Crippen LogP contribution in [0.25, 0.3) is 0 Å². The van der Waals surface area contributed by atoms with Gasteiger partial charge >= 0.3 is 0 Å². The second-order valence-corrected chi connectivity index (χ2v) is 10.9. The number of hydrogen-bond acceptors (Lipinski definition) is 4. The Hall–Kier alpha value is -1.21. The summed E-state index contributed by atoms with van der Waals surface area (Å²) in [5.41, 5.74) is -0.00601. The lowest BCUT2D eigenvalue weighted by Gasteiger charge is -2.52. The average molecular weight is 403 g/mol. The number of hydrogen-bond donors (Lipinski definition) is 1. The standard InChI is InChI=1S/C22H30N2O3S/c25-28(26,21-4-2-1-3-5-21)23-15-20-14-22(27-20)8-10-24(11-9-22)16-19-13-17-6-7-18(19)12-17/h1-7,17-20,23H,8-16H2/t17-,18+,19-,20?/m0/s1. The van der Waals surface area contributed by atoms with Crippen molar-refractivity contribution in [1.29, 1.82) is 0 Å². The maximum absolute atomic E-state index is 12.3. The number of piperidine rings is 1. The van der Waals surface area contributed by atoms with Crippen LogP contribution < -0.4 is 4.72 Å². The first-order valence-corrected chi connectivity index (χ1v) is 12.1. The molecule has 1 spiro atoms. The van der Waals surface area contributed by atoms with Gasteiger partial charge < -0.3 is 9.64 Å². The highest BCUT2D eigenvalue weighted by Crippen LogP contribution is 2.45. The van der Waals surface area contributed by atoms with Crippen molar-refractivity contribution in [3.63, 3.8) is 0 Å². The summed E-state index contributed by atoms with van der Waals surface area (Å²) < 4.78 is 33.6. The van der Waals surface area contributed by atoms with Gasteiger partial charge in [-0.2, -0.15) is 0 Å². The third-order valence-electron chi connectivity index (χ3n) is 7.25. The van der Waals surface area contributed by atoms with E-state index in [0.29, 0.717) is 11.4 Å². The molecule has 0 radical (unpaired) electrons. The normalized spacial score (nSPS) is 34.0. The van der Waals surface area contributed by atoms with Gasteiger partial charge in [0, 0.05) is 32.6 Å². The number of nitrogens with one attached hydrogen (secondary N) is 1. The fourth-order valence-electron chi connectivity index (χ4n) is 5.66. The van der Waals surface area contributed by atoms with E-state index in [-0.39, 0.29) is 11.7 Å². The Kier molecular flexibility index (Phi) is 4.86. The van der Waals surface area contributed by atoms with Crippen LogP contribution >= 0.6 is 0 Å². The number of sulfonamides is 1. The largest absolute Gasteiger partial charge is 0.370 e. The molecular formula is C22H30N2O3S. The lowest BCUT2D eigenvalue weighted by atomic mass is 9.80. The van der Waals surface area contributed by atoms with E-state index < -0.39 is 10.0 Å². The van der Waals surface area contributed by atoms with E-state index in [1.807, 2.05) is 6.07 Å². The Balaban J connectivity index is 1.06. The van der Waals surface area contributed by atoms with Gasteiger partial charge in [-0.05, 0) is 55.6 Å². The molecule has 1 N–H and O–H groups in total. The minimum atomic E-state index is -3.44. The fourth-order valence-corrected chi connectivity index (χ4v) is 6.75. The van der Waals surface area contributed by atoms with Crippen molar-refractivity contribution in [2.45, 2.75) is 48.7 Å². The monoisotopic (exact) mass is 402 g/mol. The molecule has 1 aromatic carbocycles. The maximum Gasteiger partial charge on any atom is 0.240 e. The molecule has 1 aromatic rings. The first kappa shape index (κ1) is 18.8. The Morgan fingerprint density at radius 3 is 2.50 bits per heavy atom. The van der Waals surface area contributed by atoms with Gasteiger partial charge in [-0.25, -0.2) is 13.1 Å². The van der Waals surface area contributed by atoms with Crippen LogP contribution in [0.3, 0.4) is 0 Å². The Bertz CT molecular complexity index is 823.